The third-order valence-electron chi connectivity index (χ3n) is 8.25. The normalized spacial score (nSPS) is 18.1. The topological polar surface area (TPSA) is 166 Å². The van der Waals surface area contributed by atoms with Crippen LogP contribution in [0.4, 0.5) is 0 Å². The third-order valence-corrected chi connectivity index (χ3v) is 9.05. The van der Waals surface area contributed by atoms with Crippen LogP contribution in [-0.2, 0) is 11.3 Å². The Morgan fingerprint density at radius 1 is 1.06 bits per heavy atom. The van der Waals surface area contributed by atoms with Gasteiger partial charge < -0.3 is 48.5 Å². The molecule has 6 rings (SSSR count). The SMILES string of the molecule is COc1cc(C=O)cc(I)c1O[C@H]1C=C(C(=O)NCCO)C[C@@H](N(Cc2ccc3c(c2)OCO3)C(=O)c2cc3cccc(OC)c3o2)[C@@H]1O. The number of para-hydroxylation sites is 1. The van der Waals surface area contributed by atoms with Crippen LogP contribution >= 0.6 is 22.6 Å². The number of carbonyl (C=O) groups excluding carboxylic acids is 3. The van der Waals surface area contributed by atoms with Gasteiger partial charge in [0.05, 0.1) is 30.4 Å². The van der Waals surface area contributed by atoms with Gasteiger partial charge >= 0.3 is 0 Å². The van der Waals surface area contributed by atoms with Crippen LogP contribution in [0.3, 0.4) is 0 Å². The zero-order valence-corrected chi connectivity index (χ0v) is 28.7. The summed E-state index contributed by atoms with van der Waals surface area (Å²) in [6, 6.07) is 14.2. The lowest BCUT2D eigenvalue weighted by Crippen LogP contribution is -2.54. The first-order chi connectivity index (χ1) is 23.7. The number of methoxy groups -OCH3 is 2. The van der Waals surface area contributed by atoms with Crippen LogP contribution in [0.1, 0.15) is 32.9 Å². The molecule has 1 aliphatic heterocycles. The number of hydrogen-bond acceptors (Lipinski definition) is 11. The van der Waals surface area contributed by atoms with Gasteiger partial charge in [-0.3, -0.25) is 14.4 Å². The van der Waals surface area contributed by atoms with E-state index in [2.05, 4.69) is 5.32 Å². The summed E-state index contributed by atoms with van der Waals surface area (Å²) >= 11 is 1.99. The van der Waals surface area contributed by atoms with Crippen LogP contribution < -0.4 is 29.0 Å². The molecule has 13 nitrogen and oxygen atoms in total. The second-order valence-electron chi connectivity index (χ2n) is 11.3. The number of furan rings is 1. The summed E-state index contributed by atoms with van der Waals surface area (Å²) in [5.74, 6) is 0.932. The zero-order valence-electron chi connectivity index (χ0n) is 26.5. The van der Waals surface area contributed by atoms with Gasteiger partial charge in [0.2, 0.25) is 12.7 Å². The molecule has 0 fully saturated rings. The second kappa shape index (κ2) is 14.8. The van der Waals surface area contributed by atoms with Crippen molar-refractivity contribution >= 4 is 51.7 Å². The predicted molar refractivity (Wildman–Crippen MR) is 183 cm³/mol. The molecule has 0 saturated heterocycles. The summed E-state index contributed by atoms with van der Waals surface area (Å²) in [6.45, 7) is -0.240. The number of fused-ring (bicyclic) bond motifs is 2. The van der Waals surface area contributed by atoms with E-state index in [1.54, 1.807) is 48.5 Å². The van der Waals surface area contributed by atoms with Gasteiger partial charge in [0, 0.05) is 36.0 Å². The predicted octanol–water partition coefficient (Wildman–Crippen LogP) is 3.85. The molecule has 0 spiro atoms. The first-order valence-corrected chi connectivity index (χ1v) is 16.4. The van der Waals surface area contributed by atoms with Crippen molar-refractivity contribution in [1.82, 2.24) is 10.2 Å². The Morgan fingerprint density at radius 3 is 2.61 bits per heavy atom. The minimum absolute atomic E-state index is 0.00550. The molecule has 2 amide bonds. The molecule has 14 heteroatoms. The number of aldehydes is 1. The fourth-order valence-electron chi connectivity index (χ4n) is 5.86. The van der Waals surface area contributed by atoms with Gasteiger partial charge in [-0.25, -0.2) is 0 Å². The maximum Gasteiger partial charge on any atom is 0.290 e. The number of hydrogen-bond donors (Lipinski definition) is 3. The lowest BCUT2D eigenvalue weighted by molar-refractivity contribution is -0.118. The molecule has 256 valence electrons. The lowest BCUT2D eigenvalue weighted by Gasteiger charge is -2.40. The van der Waals surface area contributed by atoms with Gasteiger partial charge in [0.1, 0.15) is 18.5 Å². The molecule has 2 heterocycles. The van der Waals surface area contributed by atoms with E-state index in [9.17, 15) is 24.6 Å². The number of nitrogens with one attached hydrogen (secondary N) is 1. The van der Waals surface area contributed by atoms with Crippen molar-refractivity contribution in [1.29, 1.82) is 0 Å². The van der Waals surface area contributed by atoms with Crippen molar-refractivity contribution < 1.29 is 52.7 Å². The monoisotopic (exact) mass is 784 g/mol. The third kappa shape index (κ3) is 7.02. The fourth-order valence-corrected chi connectivity index (χ4v) is 6.61. The number of carbonyl (C=O) groups is 3. The molecular formula is C35H33IN2O11. The first kappa shape index (κ1) is 34.1. The Hall–Kier alpha value is -4.80. The summed E-state index contributed by atoms with van der Waals surface area (Å²) in [4.78, 5) is 40.8. The van der Waals surface area contributed by atoms with E-state index in [1.807, 2.05) is 22.6 Å². The Bertz CT molecular complexity index is 1920. The standard InChI is InChI=1S/C35H33IN2O11/c1-44-26-5-3-4-21-14-30(49-32(21)26)35(43)38(16-19-6-7-25-27(11-19)47-18-46-25)24-13-22(34(42)37-8-9-39)15-28(31(24)41)48-33-23(36)10-20(17-40)12-29(33)45-2/h3-7,10-12,14-15,17,24,28,31,39,41H,8-9,13,16,18H2,1-2H3,(H,37,42)/t24-,28+,31+/m1/s1. The van der Waals surface area contributed by atoms with Crippen molar-refractivity contribution in [2.45, 2.75) is 31.2 Å². The largest absolute Gasteiger partial charge is 0.493 e. The van der Waals surface area contributed by atoms with Crippen LogP contribution in [0, 0.1) is 3.57 Å². The van der Waals surface area contributed by atoms with Crippen molar-refractivity contribution in [3.05, 3.63) is 86.7 Å². The van der Waals surface area contributed by atoms with E-state index in [0.29, 0.717) is 49.2 Å². The molecule has 4 aromatic rings. The molecule has 0 unspecified atom stereocenters. The Balaban J connectivity index is 1.42. The average Bonchev–Trinajstić information content (AvgIpc) is 3.78. The van der Waals surface area contributed by atoms with Gasteiger partial charge in [-0.05, 0) is 70.6 Å². The highest BCUT2D eigenvalue weighted by Gasteiger charge is 2.42. The van der Waals surface area contributed by atoms with E-state index in [4.69, 9.17) is 28.1 Å². The van der Waals surface area contributed by atoms with Crippen molar-refractivity contribution in [3.8, 4) is 28.7 Å². The maximum absolute atomic E-state index is 14.5. The highest BCUT2D eigenvalue weighted by molar-refractivity contribution is 14.1. The number of amides is 2. The molecule has 1 aromatic heterocycles. The number of benzene rings is 3. The van der Waals surface area contributed by atoms with E-state index in [-0.39, 0.29) is 55.7 Å². The second-order valence-corrected chi connectivity index (χ2v) is 12.4. The number of nitrogens with zero attached hydrogens (tertiary/aromatic N) is 1. The van der Waals surface area contributed by atoms with Gasteiger partial charge in [-0.1, -0.05) is 18.2 Å². The summed E-state index contributed by atoms with van der Waals surface area (Å²) in [7, 11) is 2.92. The molecular weight excluding hydrogens is 751 g/mol. The van der Waals surface area contributed by atoms with Gasteiger partial charge in [0.15, 0.2) is 40.1 Å². The molecule has 3 aromatic carbocycles. The fraction of sp³-hybridized carbons (Fsp3) is 0.286. The van der Waals surface area contributed by atoms with Gasteiger partial charge in [0.25, 0.3) is 5.91 Å². The lowest BCUT2D eigenvalue weighted by atomic mass is 9.87. The summed E-state index contributed by atoms with van der Waals surface area (Å²) in [6.07, 6.45) is -0.405. The van der Waals surface area contributed by atoms with Crippen LogP contribution in [0.2, 0.25) is 0 Å². The number of rotatable bonds is 12. The molecule has 1 aliphatic carbocycles. The quantitative estimate of drug-likeness (QED) is 0.141. The zero-order chi connectivity index (χ0) is 34.7. The molecule has 3 N–H and O–H groups in total. The van der Waals surface area contributed by atoms with Crippen LogP contribution in [0.25, 0.3) is 11.0 Å². The number of halogens is 1. The van der Waals surface area contributed by atoms with E-state index in [0.717, 1.165) is 0 Å². The van der Waals surface area contributed by atoms with Crippen molar-refractivity contribution in [2.75, 3.05) is 34.2 Å². The van der Waals surface area contributed by atoms with Crippen molar-refractivity contribution in [3.63, 3.8) is 0 Å². The summed E-state index contributed by atoms with van der Waals surface area (Å²) in [5, 5.41) is 24.7. The Morgan fingerprint density at radius 2 is 1.86 bits per heavy atom. The van der Waals surface area contributed by atoms with Crippen LogP contribution in [0.5, 0.6) is 28.7 Å². The van der Waals surface area contributed by atoms with Gasteiger partial charge in [-0.2, -0.15) is 0 Å². The number of aliphatic hydroxyl groups is 2. The van der Waals surface area contributed by atoms with E-state index < -0.39 is 30.1 Å². The van der Waals surface area contributed by atoms with Crippen LogP contribution in [0.15, 0.2) is 70.7 Å². The highest BCUT2D eigenvalue weighted by Crippen LogP contribution is 2.39. The molecule has 0 radical (unpaired) electrons. The summed E-state index contributed by atoms with van der Waals surface area (Å²) < 4.78 is 34.9. The molecule has 0 saturated carbocycles. The van der Waals surface area contributed by atoms with E-state index in [1.165, 1.54) is 31.3 Å². The molecule has 49 heavy (non-hydrogen) atoms. The Kier molecular flexibility index (Phi) is 10.3. The summed E-state index contributed by atoms with van der Waals surface area (Å²) in [5.41, 5.74) is 1.63. The average molecular weight is 785 g/mol. The Labute approximate surface area is 294 Å². The van der Waals surface area contributed by atoms with Crippen molar-refractivity contribution in [2.24, 2.45) is 0 Å². The smallest absolute Gasteiger partial charge is 0.290 e. The minimum Gasteiger partial charge on any atom is -0.493 e. The molecule has 0 bridgehead atoms. The highest BCUT2D eigenvalue weighted by atomic mass is 127. The first-order valence-electron chi connectivity index (χ1n) is 15.3. The minimum atomic E-state index is -1.36. The number of aliphatic hydroxyl groups excluding tert-OH is 2. The maximum atomic E-state index is 14.5. The number of ether oxygens (including phenoxy) is 5. The molecule has 3 atom stereocenters. The molecule has 2 aliphatic rings. The van der Waals surface area contributed by atoms with Gasteiger partial charge in [-0.15, -0.1) is 0 Å². The van der Waals surface area contributed by atoms with Crippen LogP contribution in [-0.4, -0.2) is 85.6 Å². The van der Waals surface area contributed by atoms with E-state index >= 15 is 0 Å².